The van der Waals surface area contributed by atoms with Gasteiger partial charge in [0.2, 0.25) is 0 Å². The van der Waals surface area contributed by atoms with Gasteiger partial charge in [-0.25, -0.2) is 9.98 Å². The van der Waals surface area contributed by atoms with Crippen LogP contribution in [0.4, 0.5) is 5.82 Å². The largest absolute Gasteiger partial charge is 0.497 e. The second kappa shape index (κ2) is 11.6. The van der Waals surface area contributed by atoms with Crippen LogP contribution in [-0.4, -0.2) is 48.2 Å². The minimum absolute atomic E-state index is 0.166. The van der Waals surface area contributed by atoms with Crippen LogP contribution in [0.2, 0.25) is 0 Å². The molecule has 0 unspecified atom stereocenters. The number of amides is 1. The van der Waals surface area contributed by atoms with E-state index < -0.39 is 5.54 Å². The van der Waals surface area contributed by atoms with Gasteiger partial charge in [0.25, 0.3) is 5.91 Å². The molecule has 206 valence electrons. The number of carbonyl (C=O) groups excluding carboxylic acids is 1. The third-order valence-electron chi connectivity index (χ3n) is 7.55. The number of hydrogen-bond acceptors (Lipinski definition) is 9. The molecule has 1 amide bonds. The zero-order chi connectivity index (χ0) is 27.5. The summed E-state index contributed by atoms with van der Waals surface area (Å²) in [5.74, 6) is 3.17. The number of fused-ring (bicyclic) bond motifs is 1. The highest BCUT2D eigenvalue weighted by atomic mass is 32.2. The van der Waals surface area contributed by atoms with E-state index in [1.165, 1.54) is 0 Å². The van der Waals surface area contributed by atoms with Crippen LogP contribution in [0.25, 0.3) is 0 Å². The lowest BCUT2D eigenvalue weighted by Gasteiger charge is -2.49. The molecule has 39 heavy (non-hydrogen) atoms. The highest BCUT2D eigenvalue weighted by molar-refractivity contribution is 8.13. The summed E-state index contributed by atoms with van der Waals surface area (Å²) in [6.07, 6.45) is 1.81. The minimum atomic E-state index is -0.651. The summed E-state index contributed by atoms with van der Waals surface area (Å²) < 4.78 is 17.3. The molecule has 2 aliphatic rings. The van der Waals surface area contributed by atoms with Crippen molar-refractivity contribution >= 4 is 40.0 Å². The number of ether oxygens (including phenoxy) is 3. The molecule has 8 nitrogen and oxygen atoms in total. The van der Waals surface area contributed by atoms with E-state index in [9.17, 15) is 4.79 Å². The van der Waals surface area contributed by atoms with Gasteiger partial charge in [0.05, 0.1) is 26.4 Å². The Labute approximate surface area is 237 Å². The van der Waals surface area contributed by atoms with Crippen molar-refractivity contribution in [3.8, 4) is 11.5 Å². The van der Waals surface area contributed by atoms with E-state index in [0.717, 1.165) is 46.5 Å². The predicted octanol–water partition coefficient (Wildman–Crippen LogP) is 5.71. The van der Waals surface area contributed by atoms with Crippen LogP contribution in [0, 0.1) is 5.92 Å². The van der Waals surface area contributed by atoms with Crippen LogP contribution < -0.4 is 20.1 Å². The molecule has 0 radical (unpaired) electrons. The maximum atomic E-state index is 12.9. The molecule has 3 atom stereocenters. The summed E-state index contributed by atoms with van der Waals surface area (Å²) in [6.45, 7) is 5.31. The maximum absolute atomic E-state index is 12.9. The lowest BCUT2D eigenvalue weighted by Crippen LogP contribution is -2.54. The van der Waals surface area contributed by atoms with Gasteiger partial charge in [0.1, 0.15) is 27.9 Å². The topological polar surface area (TPSA) is 94.1 Å². The fraction of sp³-hybridized carbons (Fsp3) is 0.414. The summed E-state index contributed by atoms with van der Waals surface area (Å²) in [5.41, 5.74) is 0.756. The first kappa shape index (κ1) is 27.5. The van der Waals surface area contributed by atoms with Gasteiger partial charge in [0.15, 0.2) is 5.17 Å². The number of nitrogens with zero attached hydrogens (tertiary/aromatic N) is 2. The van der Waals surface area contributed by atoms with E-state index in [0.29, 0.717) is 23.9 Å². The summed E-state index contributed by atoms with van der Waals surface area (Å²) in [4.78, 5) is 23.1. The van der Waals surface area contributed by atoms with Crippen LogP contribution in [0.1, 0.15) is 47.6 Å². The number of thioether (sulfide) groups is 1. The Balaban J connectivity index is 1.40. The number of nitrogens with one attached hydrogen (secondary N) is 2. The van der Waals surface area contributed by atoms with Crippen LogP contribution in [-0.2, 0) is 16.8 Å². The number of benzene rings is 2. The van der Waals surface area contributed by atoms with Crippen molar-refractivity contribution in [1.29, 1.82) is 0 Å². The second-order valence-electron chi connectivity index (χ2n) is 10.0. The van der Waals surface area contributed by atoms with Gasteiger partial charge in [0, 0.05) is 40.8 Å². The molecule has 0 spiro atoms. The zero-order valence-electron chi connectivity index (χ0n) is 22.7. The van der Waals surface area contributed by atoms with Crippen molar-refractivity contribution in [3.05, 3.63) is 70.0 Å². The molecular weight excluding hydrogens is 532 g/mol. The first-order chi connectivity index (χ1) is 18.9. The number of rotatable bonds is 8. The number of hydrogen-bond donors (Lipinski definition) is 2. The standard InChI is InChI=1S/C29H34N4O4S2/c1-5-28(2)14-21-16-39-27(32-25(34)19-9-7-6-8-10-19)33-29(21,18-37-28)26-31-24(17-38-26)30-15-20-11-12-22(35-3)13-23(20)36-4/h6-13,17,21,30H,5,14-16,18H2,1-4H3,(H,32,33,34)/t21-,28-,29-/m0/s1. The molecular formula is C29H34N4O4S2. The van der Waals surface area contributed by atoms with Gasteiger partial charge in [-0.15, -0.1) is 11.3 Å². The highest BCUT2D eigenvalue weighted by Crippen LogP contribution is 2.50. The molecule has 5 rings (SSSR count). The SMILES string of the molecule is CC[C@@]1(C)C[C@H]2CSC(NC(=O)c3ccccc3)=N[C@@]2(c2nc(NCc3ccc(OC)cc3OC)cs2)CO1. The Hall–Kier alpha value is -3.08. The number of aliphatic imine (C=N–C) groups is 1. The van der Waals surface area contributed by atoms with Gasteiger partial charge in [-0.05, 0) is 44.0 Å². The Morgan fingerprint density at radius 1 is 1.18 bits per heavy atom. The number of methoxy groups -OCH3 is 2. The average molecular weight is 567 g/mol. The summed E-state index contributed by atoms with van der Waals surface area (Å²) in [7, 11) is 3.29. The number of aromatic nitrogens is 1. The molecule has 0 saturated carbocycles. The third-order valence-corrected chi connectivity index (χ3v) is 9.59. The van der Waals surface area contributed by atoms with E-state index in [-0.39, 0.29) is 17.4 Å². The molecule has 1 fully saturated rings. The average Bonchev–Trinajstić information content (AvgIpc) is 3.46. The smallest absolute Gasteiger partial charge is 0.257 e. The quantitative estimate of drug-likeness (QED) is 0.361. The molecule has 10 heteroatoms. The van der Waals surface area contributed by atoms with Gasteiger partial charge in [-0.2, -0.15) is 0 Å². The minimum Gasteiger partial charge on any atom is -0.497 e. The highest BCUT2D eigenvalue weighted by Gasteiger charge is 2.53. The van der Waals surface area contributed by atoms with Crippen molar-refractivity contribution in [2.75, 3.05) is 31.9 Å². The molecule has 1 aromatic heterocycles. The van der Waals surface area contributed by atoms with E-state index in [4.69, 9.17) is 24.2 Å². The first-order valence-corrected chi connectivity index (χ1v) is 14.9. The summed E-state index contributed by atoms with van der Waals surface area (Å²) in [6, 6.07) is 15.0. The molecule has 3 heterocycles. The number of thiazole rings is 1. The summed E-state index contributed by atoms with van der Waals surface area (Å²) in [5, 5.41) is 9.98. The molecule has 2 N–H and O–H groups in total. The fourth-order valence-corrected chi connectivity index (χ4v) is 7.09. The second-order valence-corrected chi connectivity index (χ2v) is 11.9. The van der Waals surface area contributed by atoms with Crippen molar-refractivity contribution in [2.45, 2.75) is 44.4 Å². The molecule has 3 aromatic rings. The maximum Gasteiger partial charge on any atom is 0.257 e. The first-order valence-electron chi connectivity index (χ1n) is 13.0. The zero-order valence-corrected chi connectivity index (χ0v) is 24.3. The molecule has 1 saturated heterocycles. The van der Waals surface area contributed by atoms with Crippen molar-refractivity contribution in [3.63, 3.8) is 0 Å². The van der Waals surface area contributed by atoms with Crippen molar-refractivity contribution in [2.24, 2.45) is 10.9 Å². The van der Waals surface area contributed by atoms with Gasteiger partial charge >= 0.3 is 0 Å². The van der Waals surface area contributed by atoms with E-state index in [2.05, 4.69) is 24.5 Å². The number of amidine groups is 1. The lowest BCUT2D eigenvalue weighted by atomic mass is 9.75. The number of anilines is 1. The van der Waals surface area contributed by atoms with Crippen LogP contribution in [0.15, 0.2) is 58.9 Å². The monoisotopic (exact) mass is 566 g/mol. The van der Waals surface area contributed by atoms with Crippen LogP contribution >= 0.6 is 23.1 Å². The van der Waals surface area contributed by atoms with Gasteiger partial charge < -0.3 is 24.8 Å². The lowest BCUT2D eigenvalue weighted by molar-refractivity contribution is -0.122. The fourth-order valence-electron chi connectivity index (χ4n) is 4.96. The van der Waals surface area contributed by atoms with E-state index >= 15 is 0 Å². The Morgan fingerprint density at radius 2 is 2.00 bits per heavy atom. The van der Waals surface area contributed by atoms with Gasteiger partial charge in [-0.1, -0.05) is 36.9 Å². The van der Waals surface area contributed by atoms with Crippen LogP contribution in [0.5, 0.6) is 11.5 Å². The number of carbonyl (C=O) groups is 1. The van der Waals surface area contributed by atoms with Crippen LogP contribution in [0.3, 0.4) is 0 Å². The van der Waals surface area contributed by atoms with Gasteiger partial charge in [-0.3, -0.25) is 4.79 Å². The molecule has 0 bridgehead atoms. The van der Waals surface area contributed by atoms with E-state index in [1.807, 2.05) is 41.8 Å². The predicted molar refractivity (Wildman–Crippen MR) is 157 cm³/mol. The Bertz CT molecular complexity index is 1350. The Morgan fingerprint density at radius 3 is 2.74 bits per heavy atom. The molecule has 2 aliphatic heterocycles. The van der Waals surface area contributed by atoms with E-state index in [1.54, 1.807) is 49.5 Å². The normalized spacial score (nSPS) is 24.3. The Kier molecular flexibility index (Phi) is 8.16. The summed E-state index contributed by atoms with van der Waals surface area (Å²) >= 11 is 3.17. The van der Waals surface area contributed by atoms with Crippen molar-refractivity contribution in [1.82, 2.24) is 10.3 Å². The molecule has 0 aliphatic carbocycles. The third kappa shape index (κ3) is 5.78. The van der Waals surface area contributed by atoms with Crippen molar-refractivity contribution < 1.29 is 19.0 Å². The molecule has 2 aromatic carbocycles.